The molecular weight excluding hydrogens is 362 g/mol. The van der Waals surface area contributed by atoms with Crippen LogP contribution in [0.4, 0.5) is 8.78 Å². The Morgan fingerprint density at radius 3 is 2.46 bits per heavy atom. The second-order valence-electron chi connectivity index (χ2n) is 5.87. The predicted molar refractivity (Wildman–Crippen MR) is 101 cm³/mol. The molecule has 4 nitrogen and oxygen atoms in total. The van der Waals surface area contributed by atoms with Gasteiger partial charge < -0.3 is 9.47 Å². The molecule has 0 radical (unpaired) electrons. The third kappa shape index (κ3) is 3.52. The lowest BCUT2D eigenvalue weighted by molar-refractivity contribution is 0.0450. The van der Waals surface area contributed by atoms with E-state index in [4.69, 9.17) is 14.7 Å². The van der Waals surface area contributed by atoms with Gasteiger partial charge >= 0.3 is 0 Å². The highest BCUT2D eigenvalue weighted by Crippen LogP contribution is 2.47. The summed E-state index contributed by atoms with van der Waals surface area (Å²) in [6.45, 7) is 5.50. The Morgan fingerprint density at radius 2 is 1.79 bits per heavy atom. The van der Waals surface area contributed by atoms with Crippen molar-refractivity contribution in [3.8, 4) is 28.7 Å². The van der Waals surface area contributed by atoms with Gasteiger partial charge in [-0.3, -0.25) is 4.98 Å². The summed E-state index contributed by atoms with van der Waals surface area (Å²) >= 11 is 0. The maximum Gasteiger partial charge on any atom is 0.284 e. The van der Waals surface area contributed by atoms with Gasteiger partial charge in [0.1, 0.15) is 23.4 Å². The summed E-state index contributed by atoms with van der Waals surface area (Å²) < 4.78 is 39.9. The van der Waals surface area contributed by atoms with E-state index >= 15 is 0 Å². The van der Waals surface area contributed by atoms with Crippen LogP contribution in [0, 0.1) is 29.9 Å². The SMILES string of the molecule is CC.Cc1cc(F)c(-c2cccc3c2OC(c2ccc(C#N)cn2)O3)cc1F. The summed E-state index contributed by atoms with van der Waals surface area (Å²) in [6, 6.07) is 12.5. The van der Waals surface area contributed by atoms with Crippen molar-refractivity contribution in [1.82, 2.24) is 4.98 Å². The zero-order valence-electron chi connectivity index (χ0n) is 15.7. The van der Waals surface area contributed by atoms with Gasteiger partial charge in [0.15, 0.2) is 11.5 Å². The molecule has 0 N–H and O–H groups in total. The van der Waals surface area contributed by atoms with E-state index in [9.17, 15) is 8.78 Å². The lowest BCUT2D eigenvalue weighted by Crippen LogP contribution is -2.10. The smallest absolute Gasteiger partial charge is 0.284 e. The van der Waals surface area contributed by atoms with E-state index in [0.29, 0.717) is 28.3 Å². The maximum atomic E-state index is 14.4. The van der Waals surface area contributed by atoms with Crippen LogP contribution in [0.1, 0.15) is 37.0 Å². The number of ether oxygens (including phenoxy) is 2. The van der Waals surface area contributed by atoms with Crippen LogP contribution in [0.25, 0.3) is 11.1 Å². The number of hydrogen-bond donors (Lipinski definition) is 0. The van der Waals surface area contributed by atoms with Gasteiger partial charge in [-0.05, 0) is 42.8 Å². The minimum atomic E-state index is -0.822. The Morgan fingerprint density at radius 1 is 1.00 bits per heavy atom. The number of fused-ring (bicyclic) bond motifs is 1. The molecule has 1 unspecified atom stereocenters. The molecule has 0 aliphatic carbocycles. The van der Waals surface area contributed by atoms with Gasteiger partial charge in [0.25, 0.3) is 6.29 Å². The first-order valence-electron chi connectivity index (χ1n) is 8.85. The van der Waals surface area contributed by atoms with Crippen molar-refractivity contribution < 1.29 is 18.3 Å². The van der Waals surface area contributed by atoms with Crippen LogP contribution in [-0.4, -0.2) is 4.98 Å². The molecule has 0 bridgehead atoms. The number of aryl methyl sites for hydroxylation is 1. The van der Waals surface area contributed by atoms with Crippen molar-refractivity contribution in [2.24, 2.45) is 0 Å². The second kappa shape index (κ2) is 8.05. The van der Waals surface area contributed by atoms with Gasteiger partial charge in [0.2, 0.25) is 0 Å². The molecule has 142 valence electrons. The molecule has 4 rings (SSSR count). The topological polar surface area (TPSA) is 55.1 Å². The lowest BCUT2D eigenvalue weighted by Gasteiger charge is -2.11. The molecule has 28 heavy (non-hydrogen) atoms. The Bertz CT molecular complexity index is 1040. The zero-order chi connectivity index (χ0) is 20.3. The quantitative estimate of drug-likeness (QED) is 0.572. The van der Waals surface area contributed by atoms with Gasteiger partial charge in [0, 0.05) is 17.3 Å². The van der Waals surface area contributed by atoms with Crippen LogP contribution in [0.3, 0.4) is 0 Å². The number of nitrogens with zero attached hydrogens (tertiary/aromatic N) is 2. The molecule has 2 aromatic carbocycles. The highest BCUT2D eigenvalue weighted by Gasteiger charge is 2.30. The second-order valence-corrected chi connectivity index (χ2v) is 5.87. The molecule has 0 fully saturated rings. The first-order chi connectivity index (χ1) is 13.6. The molecule has 1 aliphatic heterocycles. The largest absolute Gasteiger partial charge is 0.445 e. The lowest BCUT2D eigenvalue weighted by atomic mass is 10.0. The van der Waals surface area contributed by atoms with Crippen molar-refractivity contribution in [2.45, 2.75) is 27.1 Å². The summed E-state index contributed by atoms with van der Waals surface area (Å²) in [5.41, 5.74) is 1.62. The monoisotopic (exact) mass is 380 g/mol. The molecule has 0 saturated heterocycles. The Labute approximate surface area is 162 Å². The number of rotatable bonds is 2. The number of nitriles is 1. The molecule has 1 aromatic heterocycles. The summed E-state index contributed by atoms with van der Waals surface area (Å²) in [4.78, 5) is 4.15. The van der Waals surface area contributed by atoms with Crippen LogP contribution in [0.5, 0.6) is 11.5 Å². The summed E-state index contributed by atoms with van der Waals surface area (Å²) in [5.74, 6) is -0.297. The van der Waals surface area contributed by atoms with Crippen LogP contribution in [-0.2, 0) is 0 Å². The number of pyridine rings is 1. The molecule has 6 heteroatoms. The van der Waals surface area contributed by atoms with Crippen LogP contribution < -0.4 is 9.47 Å². The normalized spacial score (nSPS) is 14.1. The molecule has 2 heterocycles. The zero-order valence-corrected chi connectivity index (χ0v) is 15.7. The van der Waals surface area contributed by atoms with Gasteiger partial charge in [-0.15, -0.1) is 0 Å². The fraction of sp³-hybridized carbons (Fsp3) is 0.182. The van der Waals surface area contributed by atoms with Crippen molar-refractivity contribution in [3.63, 3.8) is 0 Å². The molecule has 1 atom stereocenters. The van der Waals surface area contributed by atoms with Gasteiger partial charge in [-0.25, -0.2) is 8.78 Å². The average molecular weight is 380 g/mol. The van der Waals surface area contributed by atoms with E-state index < -0.39 is 17.9 Å². The fourth-order valence-electron chi connectivity index (χ4n) is 2.77. The molecule has 0 spiro atoms. The number of halogens is 2. The van der Waals surface area contributed by atoms with E-state index in [1.807, 2.05) is 19.9 Å². The van der Waals surface area contributed by atoms with Crippen molar-refractivity contribution in [2.75, 3.05) is 0 Å². The minimum Gasteiger partial charge on any atom is -0.445 e. The maximum absolute atomic E-state index is 14.4. The molecule has 0 amide bonds. The standard InChI is InChI=1S/C20H12F2N2O2.C2H6/c1-11-7-16(22)14(8-15(11)21)13-3-2-4-18-19(13)26-20(25-18)17-6-5-12(9-23)10-24-17;1-2/h2-8,10,20H,1H3;1-2H3. The Balaban J connectivity index is 0.00000109. The average Bonchev–Trinajstić information content (AvgIpc) is 3.17. The summed E-state index contributed by atoms with van der Waals surface area (Å²) in [7, 11) is 0. The highest BCUT2D eigenvalue weighted by atomic mass is 19.1. The third-order valence-corrected chi connectivity index (χ3v) is 4.13. The number of para-hydroxylation sites is 1. The van der Waals surface area contributed by atoms with E-state index in [1.54, 1.807) is 30.3 Å². The fourth-order valence-corrected chi connectivity index (χ4v) is 2.77. The van der Waals surface area contributed by atoms with Gasteiger partial charge in [-0.2, -0.15) is 5.26 Å². The van der Waals surface area contributed by atoms with E-state index in [1.165, 1.54) is 13.1 Å². The molecular formula is C22H18F2N2O2. The number of aromatic nitrogens is 1. The van der Waals surface area contributed by atoms with E-state index in [-0.39, 0.29) is 11.1 Å². The molecule has 3 aromatic rings. The van der Waals surface area contributed by atoms with Gasteiger partial charge in [0.05, 0.1) is 5.56 Å². The van der Waals surface area contributed by atoms with Crippen molar-refractivity contribution in [1.29, 1.82) is 5.26 Å². The van der Waals surface area contributed by atoms with Crippen molar-refractivity contribution in [3.05, 3.63) is 77.1 Å². The predicted octanol–water partition coefficient (Wildman–Crippen LogP) is 5.70. The first kappa shape index (κ1) is 19.3. The van der Waals surface area contributed by atoms with E-state index in [0.717, 1.165) is 12.1 Å². The number of hydrogen-bond acceptors (Lipinski definition) is 4. The first-order valence-corrected chi connectivity index (χ1v) is 8.85. The van der Waals surface area contributed by atoms with Crippen molar-refractivity contribution >= 4 is 0 Å². The van der Waals surface area contributed by atoms with Crippen LogP contribution in [0.15, 0.2) is 48.7 Å². The number of benzene rings is 2. The molecule has 1 aliphatic rings. The molecule has 0 saturated carbocycles. The Kier molecular flexibility index (Phi) is 5.55. The van der Waals surface area contributed by atoms with Crippen LogP contribution >= 0.6 is 0 Å². The summed E-state index contributed by atoms with van der Waals surface area (Å²) in [5, 5.41) is 8.85. The minimum absolute atomic E-state index is 0.0991. The summed E-state index contributed by atoms with van der Waals surface area (Å²) in [6.07, 6.45) is 0.596. The van der Waals surface area contributed by atoms with Crippen LogP contribution in [0.2, 0.25) is 0 Å². The van der Waals surface area contributed by atoms with Gasteiger partial charge in [-0.1, -0.05) is 26.0 Å². The van der Waals surface area contributed by atoms with E-state index in [2.05, 4.69) is 4.98 Å². The Hall–Kier alpha value is -3.46. The highest BCUT2D eigenvalue weighted by molar-refractivity contribution is 5.75. The third-order valence-electron chi connectivity index (χ3n) is 4.13.